The second-order valence-corrected chi connectivity index (χ2v) is 3.90. The van der Waals surface area contributed by atoms with Gasteiger partial charge < -0.3 is 20.1 Å². The van der Waals surface area contributed by atoms with Crippen LogP contribution in [0.2, 0.25) is 0 Å². The van der Waals surface area contributed by atoms with E-state index in [9.17, 15) is 0 Å². The first kappa shape index (κ1) is 11.6. The van der Waals surface area contributed by atoms with E-state index in [4.69, 9.17) is 20.5 Å². The zero-order valence-electron chi connectivity index (χ0n) is 9.72. The summed E-state index contributed by atoms with van der Waals surface area (Å²) in [6.45, 7) is 1.86. The zero-order valence-corrected chi connectivity index (χ0v) is 9.72. The Morgan fingerprint density at radius 2 is 2.35 bits per heavy atom. The number of methoxy groups -OCH3 is 1. The standard InChI is InChI=1S/C12H15N3O2/c1-16-11-5-9(14)4-10(6-11)15-2-3-17-12(7-13)8-15/h4-6,12H,2-3,8,14H2,1H3. The predicted octanol–water partition coefficient (Wildman–Crippen LogP) is 1.01. The van der Waals surface area contributed by atoms with Crippen LogP contribution in [0.4, 0.5) is 11.4 Å². The number of hydrogen-bond donors (Lipinski definition) is 1. The maximum atomic E-state index is 8.86. The molecule has 0 bridgehead atoms. The fourth-order valence-corrected chi connectivity index (χ4v) is 1.87. The second kappa shape index (κ2) is 4.93. The van der Waals surface area contributed by atoms with Gasteiger partial charge in [-0.05, 0) is 6.07 Å². The summed E-state index contributed by atoms with van der Waals surface area (Å²) in [6.07, 6.45) is -0.379. The van der Waals surface area contributed by atoms with Crippen molar-refractivity contribution in [1.29, 1.82) is 5.26 Å². The van der Waals surface area contributed by atoms with E-state index in [0.717, 1.165) is 18.0 Å². The molecule has 1 aliphatic heterocycles. The van der Waals surface area contributed by atoms with Gasteiger partial charge in [-0.1, -0.05) is 0 Å². The normalized spacial score (nSPS) is 19.8. The van der Waals surface area contributed by atoms with Crippen LogP contribution in [0.25, 0.3) is 0 Å². The van der Waals surface area contributed by atoms with E-state index in [-0.39, 0.29) is 6.10 Å². The summed E-state index contributed by atoms with van der Waals surface area (Å²) in [5, 5.41) is 8.86. The lowest BCUT2D eigenvalue weighted by molar-refractivity contribution is 0.0764. The van der Waals surface area contributed by atoms with Crippen molar-refractivity contribution in [2.24, 2.45) is 0 Å². The number of nitrogens with two attached hydrogens (primary N) is 1. The molecule has 1 heterocycles. The maximum Gasteiger partial charge on any atom is 0.161 e. The Hall–Kier alpha value is -1.93. The number of nitriles is 1. The van der Waals surface area contributed by atoms with Crippen LogP contribution in [0, 0.1) is 11.3 Å². The Balaban J connectivity index is 2.21. The Morgan fingerprint density at radius 1 is 1.53 bits per heavy atom. The lowest BCUT2D eigenvalue weighted by Crippen LogP contribution is -2.41. The van der Waals surface area contributed by atoms with Gasteiger partial charge in [-0.3, -0.25) is 0 Å². The van der Waals surface area contributed by atoms with E-state index < -0.39 is 0 Å². The minimum Gasteiger partial charge on any atom is -0.497 e. The maximum absolute atomic E-state index is 8.86. The third-order valence-corrected chi connectivity index (χ3v) is 2.72. The molecule has 0 aliphatic carbocycles. The van der Waals surface area contributed by atoms with Crippen LogP contribution in [-0.2, 0) is 4.74 Å². The summed E-state index contributed by atoms with van der Waals surface area (Å²) in [6, 6.07) is 7.68. The molecular weight excluding hydrogens is 218 g/mol. The molecule has 17 heavy (non-hydrogen) atoms. The van der Waals surface area contributed by atoms with Crippen molar-refractivity contribution in [3.05, 3.63) is 18.2 Å². The van der Waals surface area contributed by atoms with Gasteiger partial charge in [-0.15, -0.1) is 0 Å². The summed E-state index contributed by atoms with van der Waals surface area (Å²) >= 11 is 0. The molecule has 2 N–H and O–H groups in total. The minimum absolute atomic E-state index is 0.379. The molecule has 0 spiro atoms. The molecular formula is C12H15N3O2. The minimum atomic E-state index is -0.379. The molecule has 1 aromatic rings. The Kier molecular flexibility index (Phi) is 3.35. The number of ether oxygens (including phenoxy) is 2. The third kappa shape index (κ3) is 2.60. The van der Waals surface area contributed by atoms with E-state index in [2.05, 4.69) is 11.0 Å². The van der Waals surface area contributed by atoms with Crippen LogP contribution in [0.15, 0.2) is 18.2 Å². The molecule has 1 unspecified atom stereocenters. The van der Waals surface area contributed by atoms with Crippen LogP contribution in [0.1, 0.15) is 0 Å². The first-order valence-corrected chi connectivity index (χ1v) is 5.43. The summed E-state index contributed by atoms with van der Waals surface area (Å²) in [7, 11) is 1.61. The summed E-state index contributed by atoms with van der Waals surface area (Å²) in [5.74, 6) is 0.722. The van der Waals surface area contributed by atoms with E-state index >= 15 is 0 Å². The van der Waals surface area contributed by atoms with E-state index in [1.807, 2.05) is 12.1 Å². The number of hydrogen-bond acceptors (Lipinski definition) is 5. The Bertz CT molecular complexity index is 442. The molecule has 2 rings (SSSR count). The van der Waals surface area contributed by atoms with Gasteiger partial charge in [0.2, 0.25) is 0 Å². The topological polar surface area (TPSA) is 71.5 Å². The molecule has 0 aromatic heterocycles. The van der Waals surface area contributed by atoms with Crippen molar-refractivity contribution in [3.63, 3.8) is 0 Å². The summed E-state index contributed by atoms with van der Waals surface area (Å²) in [4.78, 5) is 2.08. The van der Waals surface area contributed by atoms with Crippen molar-refractivity contribution >= 4 is 11.4 Å². The quantitative estimate of drug-likeness (QED) is 0.772. The molecule has 1 fully saturated rings. The van der Waals surface area contributed by atoms with Crippen molar-refractivity contribution in [3.8, 4) is 11.8 Å². The first-order chi connectivity index (χ1) is 8.22. The second-order valence-electron chi connectivity index (χ2n) is 3.90. The van der Waals surface area contributed by atoms with Crippen LogP contribution < -0.4 is 15.4 Å². The highest BCUT2D eigenvalue weighted by atomic mass is 16.5. The lowest BCUT2D eigenvalue weighted by atomic mass is 10.2. The predicted molar refractivity (Wildman–Crippen MR) is 65.0 cm³/mol. The van der Waals surface area contributed by atoms with Gasteiger partial charge >= 0.3 is 0 Å². The van der Waals surface area contributed by atoms with Gasteiger partial charge in [0.15, 0.2) is 6.10 Å². The van der Waals surface area contributed by atoms with Gasteiger partial charge in [-0.2, -0.15) is 5.26 Å². The molecule has 1 atom stereocenters. The molecule has 0 saturated carbocycles. The average Bonchev–Trinajstić information content (AvgIpc) is 2.38. The van der Waals surface area contributed by atoms with Gasteiger partial charge in [0, 0.05) is 30.1 Å². The Morgan fingerprint density at radius 3 is 3.06 bits per heavy atom. The highest BCUT2D eigenvalue weighted by Gasteiger charge is 2.20. The molecule has 5 nitrogen and oxygen atoms in total. The molecule has 1 aliphatic rings. The van der Waals surface area contributed by atoms with Gasteiger partial charge in [0.25, 0.3) is 0 Å². The number of nitrogen functional groups attached to an aromatic ring is 1. The zero-order chi connectivity index (χ0) is 12.3. The van der Waals surface area contributed by atoms with Crippen LogP contribution in [0.3, 0.4) is 0 Å². The molecule has 0 amide bonds. The number of benzene rings is 1. The molecule has 5 heteroatoms. The number of anilines is 2. The molecule has 1 aromatic carbocycles. The van der Waals surface area contributed by atoms with E-state index in [1.54, 1.807) is 13.2 Å². The van der Waals surface area contributed by atoms with Crippen LogP contribution >= 0.6 is 0 Å². The number of morpholine rings is 1. The van der Waals surface area contributed by atoms with Crippen molar-refractivity contribution in [2.45, 2.75) is 6.10 Å². The fourth-order valence-electron chi connectivity index (χ4n) is 1.87. The highest BCUT2D eigenvalue weighted by Crippen LogP contribution is 2.26. The summed E-state index contributed by atoms with van der Waals surface area (Å²) in [5.41, 5.74) is 7.42. The molecule has 90 valence electrons. The van der Waals surface area contributed by atoms with Crippen molar-refractivity contribution in [1.82, 2.24) is 0 Å². The van der Waals surface area contributed by atoms with Crippen molar-refractivity contribution in [2.75, 3.05) is 37.4 Å². The van der Waals surface area contributed by atoms with Crippen LogP contribution in [-0.4, -0.2) is 32.9 Å². The lowest BCUT2D eigenvalue weighted by Gasteiger charge is -2.31. The molecule has 1 saturated heterocycles. The van der Waals surface area contributed by atoms with Crippen LogP contribution in [0.5, 0.6) is 5.75 Å². The SMILES string of the molecule is COc1cc(N)cc(N2CCOC(C#N)C2)c1. The number of nitrogens with zero attached hydrogens (tertiary/aromatic N) is 2. The molecule has 0 radical (unpaired) electrons. The number of rotatable bonds is 2. The third-order valence-electron chi connectivity index (χ3n) is 2.72. The van der Waals surface area contributed by atoms with Gasteiger partial charge in [0.1, 0.15) is 5.75 Å². The first-order valence-electron chi connectivity index (χ1n) is 5.43. The largest absolute Gasteiger partial charge is 0.497 e. The highest BCUT2D eigenvalue weighted by molar-refractivity contribution is 5.60. The van der Waals surface area contributed by atoms with Gasteiger partial charge in [-0.25, -0.2) is 0 Å². The average molecular weight is 233 g/mol. The monoisotopic (exact) mass is 233 g/mol. The smallest absolute Gasteiger partial charge is 0.161 e. The van der Waals surface area contributed by atoms with E-state index in [0.29, 0.717) is 18.8 Å². The van der Waals surface area contributed by atoms with Crippen molar-refractivity contribution < 1.29 is 9.47 Å². The fraction of sp³-hybridized carbons (Fsp3) is 0.417. The van der Waals surface area contributed by atoms with Gasteiger partial charge in [0.05, 0.1) is 26.3 Å². The van der Waals surface area contributed by atoms with E-state index in [1.165, 1.54) is 0 Å². The summed E-state index contributed by atoms with van der Waals surface area (Å²) < 4.78 is 10.5. The Labute approximate surface area is 100 Å².